The smallest absolute Gasteiger partial charge is 0.453 e. The van der Waals surface area contributed by atoms with E-state index in [9.17, 15) is 13.2 Å². The molecule has 0 aliphatic rings. The standard InChI is InChI=1S/C10H9F3N4O/c1-17-8(15-9(16-17)10(11,12)13)6-3-4-7(18-2)14-5-6/h3-5H,1-2H3. The highest BCUT2D eigenvalue weighted by molar-refractivity contribution is 5.54. The van der Waals surface area contributed by atoms with Gasteiger partial charge in [-0.1, -0.05) is 0 Å². The number of pyridine rings is 1. The average molecular weight is 258 g/mol. The van der Waals surface area contributed by atoms with Crippen LogP contribution in [-0.2, 0) is 13.2 Å². The summed E-state index contributed by atoms with van der Waals surface area (Å²) in [5, 5.41) is 3.32. The largest absolute Gasteiger partial charge is 0.481 e. The van der Waals surface area contributed by atoms with E-state index in [4.69, 9.17) is 4.74 Å². The number of hydrogen-bond donors (Lipinski definition) is 0. The Balaban J connectivity index is 2.41. The molecular formula is C10H9F3N4O. The molecule has 0 fully saturated rings. The molecule has 0 unspecified atom stereocenters. The first-order valence-corrected chi connectivity index (χ1v) is 4.90. The molecule has 18 heavy (non-hydrogen) atoms. The van der Waals surface area contributed by atoms with Gasteiger partial charge in [-0.25, -0.2) is 14.6 Å². The second-order valence-corrected chi connectivity index (χ2v) is 3.47. The number of aryl methyl sites for hydroxylation is 1. The van der Waals surface area contributed by atoms with E-state index in [0.29, 0.717) is 11.4 Å². The van der Waals surface area contributed by atoms with Crippen LogP contribution in [0.2, 0.25) is 0 Å². The zero-order valence-electron chi connectivity index (χ0n) is 9.56. The number of ether oxygens (including phenoxy) is 1. The van der Waals surface area contributed by atoms with Crippen LogP contribution in [-0.4, -0.2) is 26.9 Å². The Hall–Kier alpha value is -2.12. The lowest BCUT2D eigenvalue weighted by Gasteiger charge is -2.01. The van der Waals surface area contributed by atoms with Gasteiger partial charge in [0.1, 0.15) is 0 Å². The molecule has 2 aromatic rings. The topological polar surface area (TPSA) is 52.8 Å². The molecule has 0 aliphatic carbocycles. The van der Waals surface area contributed by atoms with Gasteiger partial charge in [0.05, 0.1) is 7.11 Å². The third-order valence-electron chi connectivity index (χ3n) is 2.22. The molecule has 96 valence electrons. The molecule has 0 saturated carbocycles. The highest BCUT2D eigenvalue weighted by Crippen LogP contribution is 2.28. The third kappa shape index (κ3) is 2.27. The predicted octanol–water partition coefficient (Wildman–Crippen LogP) is 1.90. The van der Waals surface area contributed by atoms with Gasteiger partial charge < -0.3 is 4.74 Å². The van der Waals surface area contributed by atoms with Crippen molar-refractivity contribution >= 4 is 0 Å². The van der Waals surface area contributed by atoms with Crippen LogP contribution in [0.4, 0.5) is 13.2 Å². The lowest BCUT2D eigenvalue weighted by molar-refractivity contribution is -0.144. The van der Waals surface area contributed by atoms with Crippen molar-refractivity contribution in [2.24, 2.45) is 7.05 Å². The maximum atomic E-state index is 12.4. The summed E-state index contributed by atoms with van der Waals surface area (Å²) >= 11 is 0. The van der Waals surface area contributed by atoms with Crippen molar-refractivity contribution in [3.63, 3.8) is 0 Å². The highest BCUT2D eigenvalue weighted by atomic mass is 19.4. The Morgan fingerprint density at radius 2 is 2.00 bits per heavy atom. The second kappa shape index (κ2) is 4.28. The number of methoxy groups -OCH3 is 1. The monoisotopic (exact) mass is 258 g/mol. The molecular weight excluding hydrogens is 249 g/mol. The van der Waals surface area contributed by atoms with Gasteiger partial charge in [-0.3, -0.25) is 0 Å². The Labute approximate surface area is 100 Å². The average Bonchev–Trinajstić information content (AvgIpc) is 2.71. The molecule has 0 N–H and O–H groups in total. The van der Waals surface area contributed by atoms with Crippen LogP contribution in [0.25, 0.3) is 11.4 Å². The van der Waals surface area contributed by atoms with Crippen LogP contribution in [0.5, 0.6) is 5.88 Å². The number of nitrogens with zero attached hydrogens (tertiary/aromatic N) is 4. The fourth-order valence-electron chi connectivity index (χ4n) is 1.39. The Morgan fingerprint density at radius 1 is 1.28 bits per heavy atom. The van der Waals surface area contributed by atoms with Crippen LogP contribution in [0, 0.1) is 0 Å². The molecule has 0 saturated heterocycles. The van der Waals surface area contributed by atoms with E-state index >= 15 is 0 Å². The van der Waals surface area contributed by atoms with Crippen LogP contribution < -0.4 is 4.74 Å². The predicted molar refractivity (Wildman–Crippen MR) is 55.8 cm³/mol. The lowest BCUT2D eigenvalue weighted by atomic mass is 10.3. The first-order valence-electron chi connectivity index (χ1n) is 4.90. The minimum atomic E-state index is -4.56. The first-order chi connectivity index (χ1) is 8.41. The summed E-state index contributed by atoms with van der Waals surface area (Å²) in [6, 6.07) is 3.10. The molecule has 0 aromatic carbocycles. The van der Waals surface area contributed by atoms with E-state index < -0.39 is 12.0 Å². The van der Waals surface area contributed by atoms with Gasteiger partial charge >= 0.3 is 6.18 Å². The van der Waals surface area contributed by atoms with Gasteiger partial charge in [-0.05, 0) is 6.07 Å². The first kappa shape index (κ1) is 12.3. The number of halogens is 3. The molecule has 8 heteroatoms. The summed E-state index contributed by atoms with van der Waals surface area (Å²) < 4.78 is 43.2. The van der Waals surface area contributed by atoms with E-state index in [-0.39, 0.29) is 5.82 Å². The summed E-state index contributed by atoms with van der Waals surface area (Å²) in [6.07, 6.45) is -3.18. The van der Waals surface area contributed by atoms with Crippen LogP contribution in [0.3, 0.4) is 0 Å². The van der Waals surface area contributed by atoms with E-state index in [2.05, 4.69) is 15.1 Å². The van der Waals surface area contributed by atoms with Gasteiger partial charge in [0, 0.05) is 24.9 Å². The second-order valence-electron chi connectivity index (χ2n) is 3.47. The van der Waals surface area contributed by atoms with Crippen LogP contribution in [0.15, 0.2) is 18.3 Å². The van der Waals surface area contributed by atoms with Gasteiger partial charge in [-0.2, -0.15) is 13.2 Å². The van der Waals surface area contributed by atoms with Crippen molar-refractivity contribution in [1.82, 2.24) is 19.7 Å². The van der Waals surface area contributed by atoms with Crippen molar-refractivity contribution < 1.29 is 17.9 Å². The third-order valence-corrected chi connectivity index (χ3v) is 2.22. The van der Waals surface area contributed by atoms with Crippen LogP contribution >= 0.6 is 0 Å². The fraction of sp³-hybridized carbons (Fsp3) is 0.300. The molecule has 0 spiro atoms. The summed E-state index contributed by atoms with van der Waals surface area (Å²) in [5.41, 5.74) is 0.432. The molecule has 0 amide bonds. The van der Waals surface area contributed by atoms with Crippen molar-refractivity contribution in [2.75, 3.05) is 7.11 Å². The molecule has 2 rings (SSSR count). The maximum Gasteiger partial charge on any atom is 0.453 e. The van der Waals surface area contributed by atoms with E-state index in [1.54, 1.807) is 6.07 Å². The minimum absolute atomic E-state index is 0.0949. The minimum Gasteiger partial charge on any atom is -0.481 e. The quantitative estimate of drug-likeness (QED) is 0.825. The van der Waals surface area contributed by atoms with Gasteiger partial charge in [-0.15, -0.1) is 5.10 Å². The van der Waals surface area contributed by atoms with E-state index in [1.165, 1.54) is 26.4 Å². The zero-order valence-corrected chi connectivity index (χ0v) is 9.56. The SMILES string of the molecule is COc1ccc(-c2nc(C(F)(F)F)nn2C)cn1. The fourth-order valence-corrected chi connectivity index (χ4v) is 1.39. The Bertz CT molecular complexity index is 547. The van der Waals surface area contributed by atoms with Crippen molar-refractivity contribution in [3.8, 4) is 17.3 Å². The molecule has 0 bridgehead atoms. The number of aromatic nitrogens is 4. The van der Waals surface area contributed by atoms with Crippen molar-refractivity contribution in [2.45, 2.75) is 6.18 Å². The molecule has 5 nitrogen and oxygen atoms in total. The van der Waals surface area contributed by atoms with Crippen LogP contribution in [0.1, 0.15) is 5.82 Å². The lowest BCUT2D eigenvalue weighted by Crippen LogP contribution is -2.08. The molecule has 0 aliphatic heterocycles. The summed E-state index contributed by atoms with van der Waals surface area (Å²) in [6.45, 7) is 0. The number of hydrogen-bond acceptors (Lipinski definition) is 4. The van der Waals surface area contributed by atoms with Crippen molar-refractivity contribution in [1.29, 1.82) is 0 Å². The van der Waals surface area contributed by atoms with E-state index in [0.717, 1.165) is 4.68 Å². The Kier molecular flexibility index (Phi) is 2.93. The van der Waals surface area contributed by atoms with Gasteiger partial charge in [0.15, 0.2) is 5.82 Å². The Morgan fingerprint density at radius 3 is 2.44 bits per heavy atom. The summed E-state index contributed by atoms with van der Waals surface area (Å²) in [4.78, 5) is 7.35. The van der Waals surface area contributed by atoms with E-state index in [1.807, 2.05) is 0 Å². The highest BCUT2D eigenvalue weighted by Gasteiger charge is 2.36. The maximum absolute atomic E-state index is 12.4. The van der Waals surface area contributed by atoms with Gasteiger partial charge in [0.25, 0.3) is 5.82 Å². The number of rotatable bonds is 2. The summed E-state index contributed by atoms with van der Waals surface area (Å²) in [5.74, 6) is -0.703. The normalized spacial score (nSPS) is 11.6. The molecule has 0 radical (unpaired) electrons. The van der Waals surface area contributed by atoms with Gasteiger partial charge in [0.2, 0.25) is 5.88 Å². The van der Waals surface area contributed by atoms with Crippen molar-refractivity contribution in [3.05, 3.63) is 24.2 Å². The molecule has 2 heterocycles. The molecule has 0 atom stereocenters. The number of alkyl halides is 3. The molecule has 2 aromatic heterocycles. The zero-order chi connectivity index (χ0) is 13.3. The summed E-state index contributed by atoms with van der Waals surface area (Å²) in [7, 11) is 2.84.